The van der Waals surface area contributed by atoms with E-state index in [1.807, 2.05) is 39.0 Å². The zero-order valence-corrected chi connectivity index (χ0v) is 16.7. The second-order valence-corrected chi connectivity index (χ2v) is 6.47. The molecule has 0 unspecified atom stereocenters. The number of anilines is 1. The van der Waals surface area contributed by atoms with Crippen LogP contribution in [0.15, 0.2) is 42.5 Å². The number of ether oxygens (including phenoxy) is 2. The van der Waals surface area contributed by atoms with Crippen molar-refractivity contribution in [1.82, 2.24) is 5.32 Å². The minimum absolute atomic E-state index is 0.101. The van der Waals surface area contributed by atoms with Gasteiger partial charge in [-0.15, -0.1) is 0 Å². The molecule has 0 bridgehead atoms. The molecule has 2 rings (SSSR count). The molecule has 2 aromatic rings. The van der Waals surface area contributed by atoms with Crippen LogP contribution >= 0.6 is 0 Å². The maximum absolute atomic E-state index is 12.2. The van der Waals surface area contributed by atoms with Gasteiger partial charge in [0.05, 0.1) is 0 Å². The fourth-order valence-electron chi connectivity index (χ4n) is 2.51. The molecule has 0 saturated heterocycles. The first-order chi connectivity index (χ1) is 13.5. The first kappa shape index (κ1) is 21.4. The molecule has 0 aliphatic heterocycles. The molecule has 2 aromatic carbocycles. The Balaban J connectivity index is 1.83. The molecular formula is C22H28N2O4. The Kier molecular flexibility index (Phi) is 8.49. The summed E-state index contributed by atoms with van der Waals surface area (Å²) in [6, 6.07) is 12.5. The third-order valence-corrected chi connectivity index (χ3v) is 4.21. The maximum atomic E-state index is 12.2. The van der Waals surface area contributed by atoms with Crippen molar-refractivity contribution in [3.8, 4) is 5.75 Å². The predicted molar refractivity (Wildman–Crippen MR) is 110 cm³/mol. The van der Waals surface area contributed by atoms with Gasteiger partial charge < -0.3 is 20.1 Å². The van der Waals surface area contributed by atoms with Gasteiger partial charge in [-0.05, 0) is 68.7 Å². The predicted octanol–water partition coefficient (Wildman–Crippen LogP) is 3.48. The molecule has 0 radical (unpaired) electrons. The Hall–Kier alpha value is -2.86. The van der Waals surface area contributed by atoms with Crippen molar-refractivity contribution < 1.29 is 19.1 Å². The summed E-state index contributed by atoms with van der Waals surface area (Å²) < 4.78 is 10.8. The van der Waals surface area contributed by atoms with Crippen LogP contribution in [0.25, 0.3) is 0 Å². The number of carbonyl (C=O) groups is 2. The SMILES string of the molecule is CCOCCCNC(=O)c1cccc(NC(=O)COc2ccc(C)c(C)c2)c1. The van der Waals surface area contributed by atoms with Crippen molar-refractivity contribution in [3.63, 3.8) is 0 Å². The smallest absolute Gasteiger partial charge is 0.262 e. The van der Waals surface area contributed by atoms with Gasteiger partial charge in [0.1, 0.15) is 5.75 Å². The highest BCUT2D eigenvalue weighted by Gasteiger charge is 2.08. The van der Waals surface area contributed by atoms with E-state index in [2.05, 4.69) is 10.6 Å². The molecular weight excluding hydrogens is 356 g/mol. The molecule has 0 aromatic heterocycles. The molecule has 0 atom stereocenters. The summed E-state index contributed by atoms with van der Waals surface area (Å²) in [6.45, 7) is 7.68. The summed E-state index contributed by atoms with van der Waals surface area (Å²) in [5.41, 5.74) is 3.32. The van der Waals surface area contributed by atoms with E-state index < -0.39 is 0 Å². The van der Waals surface area contributed by atoms with Crippen molar-refractivity contribution in [2.24, 2.45) is 0 Å². The van der Waals surface area contributed by atoms with Gasteiger partial charge in [-0.2, -0.15) is 0 Å². The molecule has 0 aliphatic carbocycles. The summed E-state index contributed by atoms with van der Waals surface area (Å²) in [6.07, 6.45) is 0.756. The van der Waals surface area contributed by atoms with Crippen LogP contribution < -0.4 is 15.4 Å². The van der Waals surface area contributed by atoms with Gasteiger partial charge in [-0.25, -0.2) is 0 Å². The standard InChI is InChI=1S/C22H28N2O4/c1-4-27-12-6-11-23-22(26)18-7-5-8-19(14-18)24-21(25)15-28-20-10-9-16(2)17(3)13-20/h5,7-10,13-14H,4,6,11-12,15H2,1-3H3,(H,23,26)(H,24,25). The third-order valence-electron chi connectivity index (χ3n) is 4.21. The van der Waals surface area contributed by atoms with Gasteiger partial charge in [0.2, 0.25) is 0 Å². The molecule has 0 heterocycles. The van der Waals surface area contributed by atoms with Crippen LogP contribution in [0.5, 0.6) is 5.75 Å². The van der Waals surface area contributed by atoms with E-state index in [0.29, 0.717) is 36.8 Å². The van der Waals surface area contributed by atoms with Crippen LogP contribution in [0.2, 0.25) is 0 Å². The normalized spacial score (nSPS) is 10.4. The zero-order chi connectivity index (χ0) is 20.4. The second kappa shape index (κ2) is 11.1. The summed E-state index contributed by atoms with van der Waals surface area (Å²) in [5.74, 6) is 0.185. The molecule has 0 aliphatic rings. The van der Waals surface area contributed by atoms with E-state index in [-0.39, 0.29) is 18.4 Å². The fourth-order valence-corrected chi connectivity index (χ4v) is 2.51. The fraction of sp³-hybridized carbons (Fsp3) is 0.364. The Morgan fingerprint density at radius 3 is 2.61 bits per heavy atom. The number of aryl methyl sites for hydroxylation is 2. The quantitative estimate of drug-likeness (QED) is 0.615. The molecule has 2 N–H and O–H groups in total. The highest BCUT2D eigenvalue weighted by molar-refractivity contribution is 5.97. The number of hydrogen-bond acceptors (Lipinski definition) is 4. The van der Waals surface area contributed by atoms with Crippen molar-refractivity contribution >= 4 is 17.5 Å². The topological polar surface area (TPSA) is 76.7 Å². The Bertz CT molecular complexity index is 805. The van der Waals surface area contributed by atoms with E-state index in [1.165, 1.54) is 5.56 Å². The van der Waals surface area contributed by atoms with Crippen molar-refractivity contribution in [3.05, 3.63) is 59.2 Å². The lowest BCUT2D eigenvalue weighted by Crippen LogP contribution is -2.25. The Morgan fingerprint density at radius 2 is 1.86 bits per heavy atom. The molecule has 0 saturated carbocycles. The van der Waals surface area contributed by atoms with E-state index >= 15 is 0 Å². The van der Waals surface area contributed by atoms with Crippen molar-refractivity contribution in [1.29, 1.82) is 0 Å². The lowest BCUT2D eigenvalue weighted by Gasteiger charge is -2.10. The monoisotopic (exact) mass is 384 g/mol. The lowest BCUT2D eigenvalue weighted by atomic mass is 10.1. The van der Waals surface area contributed by atoms with Gasteiger partial charge in [0.25, 0.3) is 11.8 Å². The van der Waals surface area contributed by atoms with E-state index in [9.17, 15) is 9.59 Å². The van der Waals surface area contributed by atoms with E-state index in [1.54, 1.807) is 24.3 Å². The van der Waals surface area contributed by atoms with Gasteiger partial charge in [-0.1, -0.05) is 12.1 Å². The van der Waals surface area contributed by atoms with Crippen LogP contribution in [0.3, 0.4) is 0 Å². The van der Waals surface area contributed by atoms with Crippen LogP contribution in [-0.4, -0.2) is 38.2 Å². The number of amides is 2. The Labute approximate surface area is 166 Å². The maximum Gasteiger partial charge on any atom is 0.262 e. The molecule has 6 heteroatoms. The molecule has 6 nitrogen and oxygen atoms in total. The lowest BCUT2D eigenvalue weighted by molar-refractivity contribution is -0.118. The molecule has 0 fully saturated rings. The van der Waals surface area contributed by atoms with E-state index in [0.717, 1.165) is 12.0 Å². The molecule has 2 amide bonds. The third kappa shape index (κ3) is 7.04. The second-order valence-electron chi connectivity index (χ2n) is 6.47. The minimum Gasteiger partial charge on any atom is -0.484 e. The summed E-state index contributed by atoms with van der Waals surface area (Å²) in [7, 11) is 0. The molecule has 0 spiro atoms. The summed E-state index contributed by atoms with van der Waals surface area (Å²) in [5, 5.41) is 5.59. The van der Waals surface area contributed by atoms with Gasteiger partial charge >= 0.3 is 0 Å². The minimum atomic E-state index is -0.285. The van der Waals surface area contributed by atoms with Crippen LogP contribution in [-0.2, 0) is 9.53 Å². The average Bonchev–Trinajstić information content (AvgIpc) is 2.69. The van der Waals surface area contributed by atoms with Crippen molar-refractivity contribution in [2.75, 3.05) is 31.7 Å². The number of carbonyl (C=O) groups excluding carboxylic acids is 2. The largest absolute Gasteiger partial charge is 0.484 e. The average molecular weight is 384 g/mol. The summed E-state index contributed by atoms with van der Waals surface area (Å²) >= 11 is 0. The number of benzene rings is 2. The number of hydrogen-bond donors (Lipinski definition) is 2. The number of nitrogens with one attached hydrogen (secondary N) is 2. The molecule has 28 heavy (non-hydrogen) atoms. The highest BCUT2D eigenvalue weighted by atomic mass is 16.5. The summed E-state index contributed by atoms with van der Waals surface area (Å²) in [4.78, 5) is 24.3. The van der Waals surface area contributed by atoms with Crippen LogP contribution in [0.4, 0.5) is 5.69 Å². The number of rotatable bonds is 10. The highest BCUT2D eigenvalue weighted by Crippen LogP contribution is 2.16. The Morgan fingerprint density at radius 1 is 1.04 bits per heavy atom. The first-order valence-electron chi connectivity index (χ1n) is 9.45. The first-order valence-corrected chi connectivity index (χ1v) is 9.45. The van der Waals surface area contributed by atoms with Gasteiger partial charge in [0, 0.05) is 31.0 Å². The van der Waals surface area contributed by atoms with Crippen LogP contribution in [0, 0.1) is 13.8 Å². The van der Waals surface area contributed by atoms with E-state index in [4.69, 9.17) is 9.47 Å². The zero-order valence-electron chi connectivity index (χ0n) is 16.7. The van der Waals surface area contributed by atoms with Crippen molar-refractivity contribution in [2.45, 2.75) is 27.2 Å². The van der Waals surface area contributed by atoms with Gasteiger partial charge in [-0.3, -0.25) is 9.59 Å². The van der Waals surface area contributed by atoms with Gasteiger partial charge in [0.15, 0.2) is 6.61 Å². The van der Waals surface area contributed by atoms with Crippen LogP contribution in [0.1, 0.15) is 34.8 Å². The molecule has 150 valence electrons.